The number of hydrogen-bond acceptors (Lipinski definition) is 5. The van der Waals surface area contributed by atoms with Gasteiger partial charge in [-0.05, 0) is 0 Å². The monoisotopic (exact) mass is 219 g/mol. The van der Waals surface area contributed by atoms with E-state index in [2.05, 4.69) is 4.74 Å². The molecule has 0 saturated carbocycles. The number of nitrogens with zero attached hydrogens (tertiary/aromatic N) is 1. The molecule has 0 aromatic heterocycles. The maximum Gasteiger partial charge on any atom is 0.335 e. The summed E-state index contributed by atoms with van der Waals surface area (Å²) in [5.41, 5.74) is 0. The quantitative estimate of drug-likeness (QED) is 0.402. The highest BCUT2D eigenvalue weighted by Crippen LogP contribution is 1.96. The van der Waals surface area contributed by atoms with Crippen molar-refractivity contribution in [2.24, 2.45) is 0 Å². The lowest BCUT2D eigenvalue weighted by atomic mass is 10.2. The highest BCUT2D eigenvalue weighted by Gasteiger charge is 2.17. The number of ether oxygens (including phenoxy) is 1. The second-order valence-electron chi connectivity index (χ2n) is 4.27. The van der Waals surface area contributed by atoms with E-state index in [1.165, 1.54) is 0 Å². The van der Waals surface area contributed by atoms with Crippen LogP contribution in [0.5, 0.6) is 0 Å². The first-order chi connectivity index (χ1) is 6.72. The van der Waals surface area contributed by atoms with E-state index in [9.17, 15) is 14.7 Å². The normalized spacial score (nSPS) is 13.3. The Labute approximate surface area is 88.7 Å². The van der Waals surface area contributed by atoms with Crippen LogP contribution in [0.2, 0.25) is 0 Å². The molecule has 0 heterocycles. The Hall–Kier alpha value is -1.14. The largest absolute Gasteiger partial charge is 0.550 e. The van der Waals surface area contributed by atoms with E-state index in [0.717, 1.165) is 0 Å². The van der Waals surface area contributed by atoms with E-state index in [1.807, 2.05) is 21.1 Å². The molecule has 0 saturated heterocycles. The summed E-state index contributed by atoms with van der Waals surface area (Å²) in [4.78, 5) is 21.1. The summed E-state index contributed by atoms with van der Waals surface area (Å²) >= 11 is 0. The number of hydrogen-bond donors (Lipinski definition) is 1. The lowest BCUT2D eigenvalue weighted by Gasteiger charge is -2.23. The number of carboxylic acid groups (broad SMARTS) is 1. The van der Waals surface area contributed by atoms with Crippen LogP contribution in [0, 0.1) is 0 Å². The minimum atomic E-state index is -1.64. The van der Waals surface area contributed by atoms with Gasteiger partial charge in [-0.2, -0.15) is 0 Å². The zero-order chi connectivity index (χ0) is 12.1. The van der Waals surface area contributed by atoms with Gasteiger partial charge in [-0.3, -0.25) is 0 Å². The molecule has 0 radical (unpaired) electrons. The summed E-state index contributed by atoms with van der Waals surface area (Å²) in [5.74, 6) is -2.40. The van der Waals surface area contributed by atoms with E-state index in [0.29, 0.717) is 11.0 Å². The van der Waals surface area contributed by atoms with Crippen molar-refractivity contribution in [3.63, 3.8) is 0 Å². The number of rotatable bonds is 6. The number of carbonyl (C=O) groups is 2. The molecule has 6 nitrogen and oxygen atoms in total. The second kappa shape index (κ2) is 5.67. The number of aliphatic hydroxyl groups excluding tert-OH is 1. The molecule has 0 spiro atoms. The van der Waals surface area contributed by atoms with Crippen molar-refractivity contribution in [1.29, 1.82) is 0 Å². The predicted octanol–water partition coefficient (Wildman–Crippen LogP) is -2.26. The first-order valence-electron chi connectivity index (χ1n) is 4.57. The molecule has 0 aliphatic rings. The van der Waals surface area contributed by atoms with Crippen molar-refractivity contribution in [3.05, 3.63) is 0 Å². The van der Waals surface area contributed by atoms with Gasteiger partial charge in [0.1, 0.15) is 13.2 Å². The average Bonchev–Trinajstić information content (AvgIpc) is 2.00. The Kier molecular flexibility index (Phi) is 5.24. The summed E-state index contributed by atoms with van der Waals surface area (Å²) in [6, 6.07) is 0. The third-order valence-electron chi connectivity index (χ3n) is 1.64. The van der Waals surface area contributed by atoms with Crippen LogP contribution in [0.4, 0.5) is 0 Å². The Balaban J connectivity index is 3.79. The molecule has 6 heteroatoms. The minimum Gasteiger partial charge on any atom is -0.550 e. The van der Waals surface area contributed by atoms with Crippen molar-refractivity contribution >= 4 is 11.9 Å². The number of aliphatic hydroxyl groups is 1. The highest BCUT2D eigenvalue weighted by molar-refractivity contribution is 5.79. The molecular formula is C9H17NO5. The smallest absolute Gasteiger partial charge is 0.335 e. The zero-order valence-electron chi connectivity index (χ0n) is 9.23. The number of esters is 1. The van der Waals surface area contributed by atoms with E-state index in [1.54, 1.807) is 0 Å². The van der Waals surface area contributed by atoms with E-state index >= 15 is 0 Å². The average molecular weight is 219 g/mol. The lowest BCUT2D eigenvalue weighted by Crippen LogP contribution is -2.39. The molecule has 0 aliphatic heterocycles. The zero-order valence-corrected chi connectivity index (χ0v) is 9.23. The molecule has 0 amide bonds. The Morgan fingerprint density at radius 2 is 1.93 bits per heavy atom. The lowest BCUT2D eigenvalue weighted by molar-refractivity contribution is -0.870. The maximum absolute atomic E-state index is 11.0. The third-order valence-corrected chi connectivity index (χ3v) is 1.64. The molecule has 0 rings (SSSR count). The molecule has 0 fully saturated rings. The van der Waals surface area contributed by atoms with Crippen LogP contribution < -0.4 is 5.11 Å². The molecule has 15 heavy (non-hydrogen) atoms. The van der Waals surface area contributed by atoms with Gasteiger partial charge < -0.3 is 24.2 Å². The predicted molar refractivity (Wildman–Crippen MR) is 49.5 cm³/mol. The molecule has 0 aliphatic carbocycles. The first-order valence-corrected chi connectivity index (χ1v) is 4.57. The summed E-state index contributed by atoms with van der Waals surface area (Å²) in [5, 5.41) is 19.1. The van der Waals surface area contributed by atoms with Crippen LogP contribution in [0.15, 0.2) is 0 Å². The van der Waals surface area contributed by atoms with Crippen LogP contribution in [-0.2, 0) is 14.3 Å². The fourth-order valence-corrected chi connectivity index (χ4v) is 0.757. The van der Waals surface area contributed by atoms with Gasteiger partial charge in [0.2, 0.25) is 0 Å². The molecule has 88 valence electrons. The van der Waals surface area contributed by atoms with E-state index < -0.39 is 24.5 Å². The van der Waals surface area contributed by atoms with Crippen molar-refractivity contribution < 1.29 is 29.0 Å². The summed E-state index contributed by atoms with van der Waals surface area (Å²) in [6.07, 6.45) is -2.37. The van der Waals surface area contributed by atoms with Gasteiger partial charge in [0, 0.05) is 12.4 Å². The van der Waals surface area contributed by atoms with Crippen LogP contribution in [0.3, 0.4) is 0 Å². The Bertz CT molecular complexity index is 233. The van der Waals surface area contributed by atoms with Crippen molar-refractivity contribution in [1.82, 2.24) is 0 Å². The number of carboxylic acids is 1. The van der Waals surface area contributed by atoms with Gasteiger partial charge in [-0.15, -0.1) is 0 Å². The van der Waals surface area contributed by atoms with Crippen molar-refractivity contribution in [2.75, 3.05) is 34.3 Å². The molecular weight excluding hydrogens is 202 g/mol. The van der Waals surface area contributed by atoms with Gasteiger partial charge >= 0.3 is 5.97 Å². The summed E-state index contributed by atoms with van der Waals surface area (Å²) in [7, 11) is 5.77. The first kappa shape index (κ1) is 13.9. The highest BCUT2D eigenvalue weighted by atomic mass is 16.5. The van der Waals surface area contributed by atoms with E-state index in [4.69, 9.17) is 5.11 Å². The summed E-state index contributed by atoms with van der Waals surface area (Å²) < 4.78 is 5.30. The van der Waals surface area contributed by atoms with Crippen molar-refractivity contribution in [2.45, 2.75) is 12.5 Å². The van der Waals surface area contributed by atoms with Gasteiger partial charge in [0.15, 0.2) is 6.10 Å². The summed E-state index contributed by atoms with van der Waals surface area (Å²) in [6.45, 7) is 0.732. The van der Waals surface area contributed by atoms with Gasteiger partial charge in [0.05, 0.1) is 21.1 Å². The minimum absolute atomic E-state index is 0.145. The molecule has 1 unspecified atom stereocenters. The van der Waals surface area contributed by atoms with E-state index in [-0.39, 0.29) is 6.61 Å². The number of quaternary nitrogens is 1. The molecule has 0 aromatic rings. The number of carbonyl (C=O) groups excluding carboxylic acids is 2. The standard InChI is InChI=1S/C9H17NO5/c1-10(2,3)4-5-15-9(14)7(11)6-8(12)13/h7,11H,4-6H2,1-3H3. The second-order valence-corrected chi connectivity index (χ2v) is 4.27. The van der Waals surface area contributed by atoms with Crippen LogP contribution in [0.25, 0.3) is 0 Å². The Morgan fingerprint density at radius 1 is 1.40 bits per heavy atom. The topological polar surface area (TPSA) is 86.7 Å². The SMILES string of the molecule is C[N+](C)(C)CCOC(=O)C(O)CC(=O)[O-]. The van der Waals surface area contributed by atoms with Crippen LogP contribution >= 0.6 is 0 Å². The fraction of sp³-hybridized carbons (Fsp3) is 0.778. The third kappa shape index (κ3) is 7.90. The number of aliphatic carboxylic acids is 1. The molecule has 0 bridgehead atoms. The number of likely N-dealkylation sites (N-methyl/N-ethyl adjacent to an activating group) is 1. The molecule has 1 N–H and O–H groups in total. The van der Waals surface area contributed by atoms with Crippen LogP contribution in [0.1, 0.15) is 6.42 Å². The van der Waals surface area contributed by atoms with Crippen molar-refractivity contribution in [3.8, 4) is 0 Å². The molecule has 0 aromatic carbocycles. The Morgan fingerprint density at radius 3 is 2.33 bits per heavy atom. The van der Waals surface area contributed by atoms with Gasteiger partial charge in [-0.1, -0.05) is 0 Å². The van der Waals surface area contributed by atoms with Gasteiger partial charge in [0.25, 0.3) is 0 Å². The van der Waals surface area contributed by atoms with Gasteiger partial charge in [-0.25, -0.2) is 4.79 Å². The van der Waals surface area contributed by atoms with Crippen LogP contribution in [-0.4, -0.2) is 61.9 Å². The molecule has 1 atom stereocenters. The maximum atomic E-state index is 11.0. The fourth-order valence-electron chi connectivity index (χ4n) is 0.757.